The molecule has 0 radical (unpaired) electrons. The molecule has 0 amide bonds. The van der Waals surface area contributed by atoms with E-state index in [-0.39, 0.29) is 33.2 Å². The van der Waals surface area contributed by atoms with E-state index in [1.165, 1.54) is 24.1 Å². The Hall–Kier alpha value is -4.23. The van der Waals surface area contributed by atoms with Crippen LogP contribution in [-0.4, -0.2) is 31.6 Å². The highest BCUT2D eigenvalue weighted by atomic mass is 35.5. The van der Waals surface area contributed by atoms with Crippen LogP contribution < -0.4 is 21.3 Å². The molecule has 1 aromatic carbocycles. The summed E-state index contributed by atoms with van der Waals surface area (Å²) < 4.78 is 6.68. The number of hydrogen-bond acceptors (Lipinski definition) is 9. The predicted octanol–water partition coefficient (Wildman–Crippen LogP) is 3.17. The van der Waals surface area contributed by atoms with Gasteiger partial charge in [0.2, 0.25) is 0 Å². The first-order valence-electron chi connectivity index (χ1n) is 9.85. The van der Waals surface area contributed by atoms with Gasteiger partial charge in [-0.05, 0) is 26.0 Å². The van der Waals surface area contributed by atoms with Crippen LogP contribution in [0.5, 0.6) is 5.75 Å². The van der Waals surface area contributed by atoms with E-state index < -0.39 is 6.04 Å². The molecule has 3 aromatic heterocycles. The molecular formula is C22H19ClN8O2. The molecule has 11 heteroatoms. The summed E-state index contributed by atoms with van der Waals surface area (Å²) in [5, 5.41) is 13.2. The van der Waals surface area contributed by atoms with Crippen molar-refractivity contribution in [3.8, 4) is 17.5 Å². The molecule has 3 heterocycles. The molecule has 4 aromatic rings. The second kappa shape index (κ2) is 8.72. The van der Waals surface area contributed by atoms with Crippen LogP contribution in [0.1, 0.15) is 30.2 Å². The molecule has 4 rings (SSSR count). The fraction of sp³-hybridized carbons (Fsp3) is 0.182. The molecule has 33 heavy (non-hydrogen) atoms. The van der Waals surface area contributed by atoms with Gasteiger partial charge in [0.25, 0.3) is 5.56 Å². The Bertz CT molecular complexity index is 1480. The fourth-order valence-corrected chi connectivity index (χ4v) is 3.72. The first-order chi connectivity index (χ1) is 15.8. The summed E-state index contributed by atoms with van der Waals surface area (Å²) >= 11 is 6.34. The summed E-state index contributed by atoms with van der Waals surface area (Å²) in [6.07, 6.45) is 3.06. The lowest BCUT2D eigenvalue weighted by molar-refractivity contribution is 0.412. The van der Waals surface area contributed by atoms with Gasteiger partial charge in [-0.3, -0.25) is 14.3 Å². The number of halogens is 1. The second-order valence-electron chi connectivity index (χ2n) is 7.18. The molecule has 1 atom stereocenters. The molecule has 0 bridgehead atoms. The van der Waals surface area contributed by atoms with Gasteiger partial charge in [0.15, 0.2) is 5.82 Å². The number of nitrogen functional groups attached to an aromatic ring is 1. The molecule has 166 valence electrons. The lowest BCUT2D eigenvalue weighted by atomic mass is 10.2. The van der Waals surface area contributed by atoms with Gasteiger partial charge >= 0.3 is 0 Å². The highest BCUT2D eigenvalue weighted by molar-refractivity contribution is 6.35. The largest absolute Gasteiger partial charge is 0.495 e. The number of rotatable bonds is 5. The second-order valence-corrected chi connectivity index (χ2v) is 7.59. The minimum atomic E-state index is -0.576. The van der Waals surface area contributed by atoms with E-state index in [9.17, 15) is 10.1 Å². The Labute approximate surface area is 193 Å². The van der Waals surface area contributed by atoms with E-state index >= 15 is 0 Å². The number of nitriles is 1. The van der Waals surface area contributed by atoms with Crippen LogP contribution in [0.2, 0.25) is 5.02 Å². The van der Waals surface area contributed by atoms with Gasteiger partial charge in [-0.15, -0.1) is 0 Å². The predicted molar refractivity (Wildman–Crippen MR) is 125 cm³/mol. The molecule has 0 saturated heterocycles. The van der Waals surface area contributed by atoms with Crippen LogP contribution >= 0.6 is 11.6 Å². The molecule has 0 aliphatic rings. The van der Waals surface area contributed by atoms with Crippen molar-refractivity contribution >= 4 is 34.1 Å². The molecular weight excluding hydrogens is 444 g/mol. The molecule has 0 aliphatic heterocycles. The van der Waals surface area contributed by atoms with E-state index in [0.29, 0.717) is 28.6 Å². The summed E-state index contributed by atoms with van der Waals surface area (Å²) in [5.74, 6) is 1.52. The van der Waals surface area contributed by atoms with Crippen molar-refractivity contribution in [1.82, 2.24) is 24.5 Å². The number of anilines is 2. The van der Waals surface area contributed by atoms with Gasteiger partial charge in [-0.1, -0.05) is 17.7 Å². The van der Waals surface area contributed by atoms with Gasteiger partial charge in [0.05, 0.1) is 47.2 Å². The van der Waals surface area contributed by atoms with Crippen LogP contribution in [-0.2, 0) is 0 Å². The minimum absolute atomic E-state index is 0.0624. The molecule has 0 fully saturated rings. The number of nitrogens with two attached hydrogens (primary N) is 1. The first-order valence-corrected chi connectivity index (χ1v) is 10.2. The van der Waals surface area contributed by atoms with Crippen LogP contribution in [0.3, 0.4) is 0 Å². The van der Waals surface area contributed by atoms with Crippen molar-refractivity contribution < 1.29 is 4.74 Å². The highest BCUT2D eigenvalue weighted by Gasteiger charge is 2.22. The number of fused-ring (bicyclic) bond motifs is 1. The molecule has 0 spiro atoms. The van der Waals surface area contributed by atoms with Crippen molar-refractivity contribution in [2.75, 3.05) is 18.2 Å². The van der Waals surface area contributed by atoms with Crippen LogP contribution in [0.15, 0.2) is 41.5 Å². The zero-order valence-electron chi connectivity index (χ0n) is 18.0. The number of aromatic nitrogens is 5. The van der Waals surface area contributed by atoms with Crippen LogP contribution in [0.25, 0.3) is 16.6 Å². The lowest BCUT2D eigenvalue weighted by Crippen LogP contribution is -2.28. The Morgan fingerprint density at radius 2 is 2.06 bits per heavy atom. The van der Waals surface area contributed by atoms with Gasteiger partial charge in [0, 0.05) is 6.07 Å². The normalized spacial score (nSPS) is 11.7. The highest BCUT2D eigenvalue weighted by Crippen LogP contribution is 2.27. The van der Waals surface area contributed by atoms with Gasteiger partial charge in [-0.2, -0.15) is 5.26 Å². The zero-order valence-corrected chi connectivity index (χ0v) is 18.8. The average Bonchev–Trinajstić information content (AvgIpc) is 2.78. The van der Waals surface area contributed by atoms with Crippen molar-refractivity contribution in [2.45, 2.75) is 19.9 Å². The zero-order chi connectivity index (χ0) is 23.7. The third kappa shape index (κ3) is 4.02. The summed E-state index contributed by atoms with van der Waals surface area (Å²) in [7, 11) is 1.51. The number of nitrogens with zero attached hydrogens (tertiary/aromatic N) is 6. The topological polar surface area (TPSA) is 145 Å². The SMILES string of the molecule is COc1cncc(-n2c([C@H](C)Nc3nc(C)nc(N)c3C#N)nc3cccc(Cl)c3c2=O)c1. The van der Waals surface area contributed by atoms with Gasteiger partial charge in [0.1, 0.15) is 34.8 Å². The molecule has 10 nitrogen and oxygen atoms in total. The molecule has 0 unspecified atom stereocenters. The van der Waals surface area contributed by atoms with E-state index in [1.54, 1.807) is 38.1 Å². The lowest BCUT2D eigenvalue weighted by Gasteiger charge is -2.21. The number of hydrogen-bond donors (Lipinski definition) is 2. The van der Waals surface area contributed by atoms with Crippen molar-refractivity contribution in [3.05, 3.63) is 69.2 Å². The van der Waals surface area contributed by atoms with Crippen LogP contribution in [0.4, 0.5) is 11.6 Å². The van der Waals surface area contributed by atoms with E-state index in [1.807, 2.05) is 6.07 Å². The smallest absolute Gasteiger partial charge is 0.267 e. The third-order valence-corrected chi connectivity index (χ3v) is 5.28. The number of nitrogens with one attached hydrogen (secondary N) is 1. The Kier molecular flexibility index (Phi) is 5.81. The summed E-state index contributed by atoms with van der Waals surface area (Å²) in [6, 6.07) is 8.17. The maximum absolute atomic E-state index is 13.6. The maximum atomic E-state index is 13.6. The molecule has 3 N–H and O–H groups in total. The molecule has 0 saturated carbocycles. The van der Waals surface area contributed by atoms with E-state index in [4.69, 9.17) is 27.1 Å². The van der Waals surface area contributed by atoms with E-state index in [2.05, 4.69) is 20.3 Å². The summed E-state index contributed by atoms with van der Waals surface area (Å²) in [6.45, 7) is 3.46. The standard InChI is InChI=1S/C22H19ClN8O2/c1-11(27-20-15(8-24)19(25)28-12(2)29-20)21-30-17-6-4-5-16(23)18(17)22(32)31(21)13-7-14(33-3)10-26-9-13/h4-7,9-11H,1-3H3,(H3,25,27,28,29)/t11-/m0/s1. The number of pyridine rings is 1. The third-order valence-electron chi connectivity index (χ3n) is 4.97. The monoisotopic (exact) mass is 462 g/mol. The number of ether oxygens (including phenoxy) is 1. The Balaban J connectivity index is 1.95. The fourth-order valence-electron chi connectivity index (χ4n) is 3.47. The quantitative estimate of drug-likeness (QED) is 0.456. The Morgan fingerprint density at radius 1 is 1.27 bits per heavy atom. The van der Waals surface area contributed by atoms with Gasteiger partial charge in [-0.25, -0.2) is 15.0 Å². The van der Waals surface area contributed by atoms with Crippen molar-refractivity contribution in [1.29, 1.82) is 5.26 Å². The number of aryl methyl sites for hydroxylation is 1. The number of methoxy groups -OCH3 is 1. The average molecular weight is 463 g/mol. The number of benzene rings is 1. The van der Waals surface area contributed by atoms with Crippen LogP contribution in [0, 0.1) is 18.3 Å². The van der Waals surface area contributed by atoms with Gasteiger partial charge < -0.3 is 15.8 Å². The Morgan fingerprint density at radius 3 is 2.79 bits per heavy atom. The van der Waals surface area contributed by atoms with Crippen molar-refractivity contribution in [2.24, 2.45) is 0 Å². The van der Waals surface area contributed by atoms with Crippen molar-refractivity contribution in [3.63, 3.8) is 0 Å². The van der Waals surface area contributed by atoms with E-state index in [0.717, 1.165) is 0 Å². The molecule has 0 aliphatic carbocycles. The first kappa shape index (κ1) is 22.0. The summed E-state index contributed by atoms with van der Waals surface area (Å²) in [5.41, 5.74) is 6.50. The minimum Gasteiger partial charge on any atom is -0.495 e. The maximum Gasteiger partial charge on any atom is 0.267 e. The summed E-state index contributed by atoms with van der Waals surface area (Å²) in [4.78, 5) is 30.8.